The van der Waals surface area contributed by atoms with Gasteiger partial charge in [0.25, 0.3) is 0 Å². The van der Waals surface area contributed by atoms with Crippen LogP contribution >= 0.6 is 0 Å². The van der Waals surface area contributed by atoms with Crippen molar-refractivity contribution < 1.29 is 0 Å². The molecule has 1 aromatic carbocycles. The highest BCUT2D eigenvalue weighted by Crippen LogP contribution is 2.27. The van der Waals surface area contributed by atoms with Crippen molar-refractivity contribution in [3.63, 3.8) is 0 Å². The maximum atomic E-state index is 4.81. The average molecular weight is 442 g/mol. The third-order valence-corrected chi connectivity index (χ3v) is 6.01. The summed E-state index contributed by atoms with van der Waals surface area (Å²) < 4.78 is 0. The summed E-state index contributed by atoms with van der Waals surface area (Å²) in [5.41, 5.74) is 6.44. The quantitative estimate of drug-likeness (QED) is 0.257. The van der Waals surface area contributed by atoms with Crippen LogP contribution in [0.1, 0.15) is 70.2 Å². The minimum atomic E-state index is 0.378. The van der Waals surface area contributed by atoms with Gasteiger partial charge in [-0.3, -0.25) is 4.98 Å². The minimum absolute atomic E-state index is 0.378. The fourth-order valence-electron chi connectivity index (χ4n) is 4.03. The largest absolute Gasteiger partial charge is 0.384 e. The van der Waals surface area contributed by atoms with E-state index in [0.717, 1.165) is 59.6 Å². The molecule has 3 heterocycles. The lowest BCUT2D eigenvalue weighted by Gasteiger charge is -2.14. The van der Waals surface area contributed by atoms with Gasteiger partial charge in [-0.25, -0.2) is 9.97 Å². The molecule has 2 N–H and O–H groups in total. The van der Waals surface area contributed by atoms with E-state index >= 15 is 0 Å². The summed E-state index contributed by atoms with van der Waals surface area (Å²) >= 11 is 0. The van der Waals surface area contributed by atoms with Gasteiger partial charge in [-0.05, 0) is 61.4 Å². The molecule has 0 aliphatic carbocycles. The Balaban J connectivity index is 1.30. The molecule has 0 saturated carbocycles. The second-order valence-electron chi connectivity index (χ2n) is 9.30. The third kappa shape index (κ3) is 5.59. The Morgan fingerprint density at radius 2 is 1.30 bits per heavy atom. The second kappa shape index (κ2) is 10.6. The molecular formula is C28H35N5. The first-order chi connectivity index (χ1) is 16.0. The van der Waals surface area contributed by atoms with Gasteiger partial charge < -0.3 is 10.6 Å². The number of pyridine rings is 3. The summed E-state index contributed by atoms with van der Waals surface area (Å²) in [5.74, 6) is 0.792. The zero-order valence-electron chi connectivity index (χ0n) is 20.2. The number of para-hydroxylation sites is 1. The number of nitrogens with zero attached hydrogens (tertiary/aromatic N) is 3. The molecule has 0 atom stereocenters. The number of hydrogen-bond acceptors (Lipinski definition) is 5. The van der Waals surface area contributed by atoms with Crippen LogP contribution in [0.4, 0.5) is 11.4 Å². The lowest BCUT2D eigenvalue weighted by Crippen LogP contribution is -2.07. The first-order valence-electron chi connectivity index (χ1n) is 12.2. The monoisotopic (exact) mass is 441 g/mol. The molecule has 33 heavy (non-hydrogen) atoms. The molecule has 0 amide bonds. The van der Waals surface area contributed by atoms with E-state index in [4.69, 9.17) is 9.97 Å². The van der Waals surface area contributed by atoms with Gasteiger partial charge in [-0.2, -0.15) is 0 Å². The van der Waals surface area contributed by atoms with Gasteiger partial charge in [0.05, 0.1) is 5.52 Å². The van der Waals surface area contributed by atoms with Crippen LogP contribution in [0.3, 0.4) is 0 Å². The second-order valence-corrected chi connectivity index (χ2v) is 9.30. The van der Waals surface area contributed by atoms with Crippen LogP contribution in [-0.2, 0) is 0 Å². The zero-order chi connectivity index (χ0) is 23.2. The molecule has 5 heteroatoms. The van der Waals surface area contributed by atoms with Gasteiger partial charge in [0, 0.05) is 52.8 Å². The van der Waals surface area contributed by atoms with Crippen LogP contribution < -0.4 is 10.6 Å². The molecule has 0 fully saturated rings. The first-order valence-corrected chi connectivity index (χ1v) is 12.2. The summed E-state index contributed by atoms with van der Waals surface area (Å²) in [6, 6.07) is 16.8. The number of hydrogen-bond donors (Lipinski definition) is 2. The van der Waals surface area contributed by atoms with Crippen molar-refractivity contribution in [2.75, 3.05) is 23.7 Å². The molecule has 0 bridgehead atoms. The van der Waals surface area contributed by atoms with Gasteiger partial charge in [0.15, 0.2) is 5.65 Å². The van der Waals surface area contributed by atoms with Crippen molar-refractivity contribution in [2.45, 2.75) is 58.8 Å². The summed E-state index contributed by atoms with van der Waals surface area (Å²) in [5, 5.41) is 9.57. The maximum absolute atomic E-state index is 4.81. The maximum Gasteiger partial charge on any atom is 0.161 e. The Morgan fingerprint density at radius 3 is 2.00 bits per heavy atom. The van der Waals surface area contributed by atoms with Gasteiger partial charge in [0.1, 0.15) is 0 Å². The highest BCUT2D eigenvalue weighted by atomic mass is 14.9. The van der Waals surface area contributed by atoms with Crippen LogP contribution in [0.5, 0.6) is 0 Å². The first kappa shape index (κ1) is 23.0. The molecular weight excluding hydrogens is 406 g/mol. The Labute approximate surface area is 197 Å². The highest BCUT2D eigenvalue weighted by Gasteiger charge is 2.10. The lowest BCUT2D eigenvalue weighted by molar-refractivity contribution is 0.721. The van der Waals surface area contributed by atoms with Crippen molar-refractivity contribution in [3.8, 4) is 0 Å². The molecule has 172 valence electrons. The summed E-state index contributed by atoms with van der Waals surface area (Å²) in [6.45, 7) is 10.6. The Hall–Kier alpha value is -3.21. The highest BCUT2D eigenvalue weighted by molar-refractivity contribution is 5.91. The molecule has 0 radical (unpaired) electrons. The average Bonchev–Trinajstić information content (AvgIpc) is 2.82. The topological polar surface area (TPSA) is 62.7 Å². The fraction of sp³-hybridized carbons (Fsp3) is 0.393. The van der Waals surface area contributed by atoms with Crippen LogP contribution in [0.25, 0.3) is 21.9 Å². The molecule has 0 unspecified atom stereocenters. The van der Waals surface area contributed by atoms with Crippen molar-refractivity contribution >= 4 is 33.3 Å². The summed E-state index contributed by atoms with van der Waals surface area (Å²) in [4.78, 5) is 14.0. The number of rotatable bonds is 10. The third-order valence-electron chi connectivity index (χ3n) is 6.01. The van der Waals surface area contributed by atoms with Crippen molar-refractivity contribution in [1.29, 1.82) is 0 Å². The van der Waals surface area contributed by atoms with Crippen molar-refractivity contribution in [1.82, 2.24) is 15.0 Å². The summed E-state index contributed by atoms with van der Waals surface area (Å²) in [7, 11) is 0. The van der Waals surface area contributed by atoms with Gasteiger partial charge in [-0.15, -0.1) is 0 Å². The number of nitrogens with one attached hydrogen (secondary N) is 2. The van der Waals surface area contributed by atoms with Crippen LogP contribution in [0.15, 0.2) is 54.7 Å². The predicted molar refractivity (Wildman–Crippen MR) is 140 cm³/mol. The Kier molecular flexibility index (Phi) is 7.38. The molecule has 0 spiro atoms. The van der Waals surface area contributed by atoms with Gasteiger partial charge in [0.2, 0.25) is 0 Å². The van der Waals surface area contributed by atoms with Crippen molar-refractivity contribution in [3.05, 3.63) is 66.1 Å². The number of fused-ring (bicyclic) bond motifs is 2. The molecule has 3 aromatic heterocycles. The number of aromatic nitrogens is 3. The molecule has 0 aliphatic heterocycles. The van der Waals surface area contributed by atoms with E-state index in [9.17, 15) is 0 Å². The van der Waals surface area contributed by atoms with Gasteiger partial charge >= 0.3 is 0 Å². The minimum Gasteiger partial charge on any atom is -0.384 e. The van der Waals surface area contributed by atoms with Crippen LogP contribution in [0, 0.1) is 0 Å². The molecule has 4 aromatic rings. The van der Waals surface area contributed by atoms with E-state index in [2.05, 4.69) is 85.8 Å². The van der Waals surface area contributed by atoms with E-state index < -0.39 is 0 Å². The van der Waals surface area contributed by atoms with Gasteiger partial charge in [-0.1, -0.05) is 45.9 Å². The standard InChI is InChI=1S/C28H35N5/c1-19(2)24-17-26(21-11-6-7-13-23(21)32-24)29-14-8-5-9-15-30-27-18-25(20(3)4)33-28-22(27)12-10-16-31-28/h6-7,10-13,16-20H,5,8-9,14-15H2,1-4H3,(H,29,32)(H,30,31,33). The molecule has 0 aliphatic rings. The normalized spacial score (nSPS) is 11.6. The van der Waals surface area contributed by atoms with E-state index in [-0.39, 0.29) is 0 Å². The van der Waals surface area contributed by atoms with Crippen molar-refractivity contribution in [2.24, 2.45) is 0 Å². The number of benzene rings is 1. The molecule has 0 saturated heterocycles. The zero-order valence-corrected chi connectivity index (χ0v) is 20.2. The predicted octanol–water partition coefficient (Wildman–Crippen LogP) is 7.12. The number of anilines is 2. The Morgan fingerprint density at radius 1 is 0.697 bits per heavy atom. The Bertz CT molecular complexity index is 1120. The number of unbranched alkanes of at least 4 members (excludes halogenated alkanes) is 2. The van der Waals surface area contributed by atoms with Crippen LogP contribution in [-0.4, -0.2) is 28.0 Å². The smallest absolute Gasteiger partial charge is 0.161 e. The van der Waals surface area contributed by atoms with Crippen LogP contribution in [0.2, 0.25) is 0 Å². The molecule has 4 rings (SSSR count). The fourth-order valence-corrected chi connectivity index (χ4v) is 4.03. The van der Waals surface area contributed by atoms with E-state index in [1.165, 1.54) is 17.5 Å². The van der Waals surface area contributed by atoms with E-state index in [1.54, 1.807) is 0 Å². The summed E-state index contributed by atoms with van der Waals surface area (Å²) in [6.07, 6.45) is 5.23. The van der Waals surface area contributed by atoms with E-state index in [1.807, 2.05) is 12.3 Å². The molecule has 5 nitrogen and oxygen atoms in total. The SMILES string of the molecule is CC(C)c1cc(NCCCCCNc2cc(C(C)C)nc3ncccc23)c2ccccc2n1. The van der Waals surface area contributed by atoms with E-state index in [0.29, 0.717) is 11.8 Å². The lowest BCUT2D eigenvalue weighted by atomic mass is 10.1.